The Bertz CT molecular complexity index is 658. The van der Waals surface area contributed by atoms with Crippen LogP contribution in [0.15, 0.2) is 0 Å². The maximum atomic E-state index is 13.0. The van der Waals surface area contributed by atoms with Gasteiger partial charge in [0.05, 0.1) is 25.2 Å². The molecule has 0 saturated heterocycles. The van der Waals surface area contributed by atoms with Gasteiger partial charge in [-0.1, -0.05) is 0 Å². The highest BCUT2D eigenvalue weighted by Gasteiger charge is 2.33. The van der Waals surface area contributed by atoms with Crippen LogP contribution < -0.4 is 16.0 Å². The molecular formula is C22H41N3O7. The first-order chi connectivity index (χ1) is 14.3. The third-order valence-electron chi connectivity index (χ3n) is 3.47. The Labute approximate surface area is 191 Å². The zero-order valence-corrected chi connectivity index (χ0v) is 21.1. The van der Waals surface area contributed by atoms with Crippen LogP contribution >= 0.6 is 0 Å². The minimum atomic E-state index is -1.25. The Hall–Kier alpha value is -2.20. The molecule has 0 saturated carbocycles. The summed E-state index contributed by atoms with van der Waals surface area (Å²) in [4.78, 5) is 50.0. The number of carbonyl (C=O) groups excluding carboxylic acids is 4. The highest BCUT2D eigenvalue weighted by Crippen LogP contribution is 2.13. The molecule has 0 radical (unpaired) electrons. The van der Waals surface area contributed by atoms with Crippen LogP contribution in [0.5, 0.6) is 0 Å². The van der Waals surface area contributed by atoms with Gasteiger partial charge in [0.15, 0.2) is 6.04 Å². The lowest BCUT2D eigenvalue weighted by atomic mass is 10.1. The monoisotopic (exact) mass is 459 g/mol. The van der Waals surface area contributed by atoms with Crippen molar-refractivity contribution in [2.24, 2.45) is 0 Å². The van der Waals surface area contributed by atoms with Crippen LogP contribution in [0.4, 0.5) is 0 Å². The summed E-state index contributed by atoms with van der Waals surface area (Å²) in [5.41, 5.74) is -2.10. The summed E-state index contributed by atoms with van der Waals surface area (Å²) in [6.07, 6.45) is -0.403. The number of likely N-dealkylation sites (N-methyl/N-ethyl adjacent to an activating group) is 1. The summed E-state index contributed by atoms with van der Waals surface area (Å²) in [7, 11) is 1.57. The zero-order valence-electron chi connectivity index (χ0n) is 21.1. The second kappa shape index (κ2) is 12.2. The van der Waals surface area contributed by atoms with Crippen LogP contribution in [0.3, 0.4) is 0 Å². The molecule has 0 aromatic heterocycles. The number of amides is 2. The molecule has 0 rings (SSSR count). The Balaban J connectivity index is 5.57. The number of carbonyl (C=O) groups is 4. The molecule has 0 fully saturated rings. The van der Waals surface area contributed by atoms with Crippen molar-refractivity contribution in [3.05, 3.63) is 0 Å². The van der Waals surface area contributed by atoms with Gasteiger partial charge in [0, 0.05) is 0 Å². The van der Waals surface area contributed by atoms with Gasteiger partial charge in [-0.15, -0.1) is 0 Å². The Morgan fingerprint density at radius 3 is 1.72 bits per heavy atom. The molecule has 0 unspecified atom stereocenters. The third kappa shape index (κ3) is 14.7. The second-order valence-corrected chi connectivity index (χ2v) is 10.5. The SMILES string of the molecule is CNCC(=O)N[C@@H](CC(=O)OC(C)(C)C)C(=O)N[C@@H](COC(C)(C)C)C(=O)OC(C)(C)C. The number of ether oxygens (including phenoxy) is 3. The molecule has 0 aromatic rings. The van der Waals surface area contributed by atoms with Crippen molar-refractivity contribution in [1.82, 2.24) is 16.0 Å². The molecule has 0 aliphatic carbocycles. The molecule has 0 heterocycles. The molecule has 10 heteroatoms. The summed E-state index contributed by atoms with van der Waals surface area (Å²) >= 11 is 0. The van der Waals surface area contributed by atoms with Crippen molar-refractivity contribution >= 4 is 23.8 Å². The van der Waals surface area contributed by atoms with E-state index in [0.29, 0.717) is 0 Å². The molecule has 2 amide bonds. The number of rotatable bonds is 10. The smallest absolute Gasteiger partial charge is 0.331 e. The van der Waals surface area contributed by atoms with Crippen molar-refractivity contribution in [3.8, 4) is 0 Å². The van der Waals surface area contributed by atoms with Crippen molar-refractivity contribution in [1.29, 1.82) is 0 Å². The Morgan fingerprint density at radius 1 is 0.750 bits per heavy atom. The Kier molecular flexibility index (Phi) is 11.3. The van der Waals surface area contributed by atoms with E-state index >= 15 is 0 Å². The topological polar surface area (TPSA) is 132 Å². The van der Waals surface area contributed by atoms with E-state index in [9.17, 15) is 19.2 Å². The normalized spacial score (nSPS) is 14.2. The van der Waals surface area contributed by atoms with E-state index in [-0.39, 0.29) is 13.2 Å². The minimum absolute atomic E-state index is 0.0548. The van der Waals surface area contributed by atoms with Crippen LogP contribution in [0.25, 0.3) is 0 Å². The van der Waals surface area contributed by atoms with Gasteiger partial charge in [-0.2, -0.15) is 0 Å². The van der Waals surface area contributed by atoms with Gasteiger partial charge in [-0.25, -0.2) is 4.79 Å². The first-order valence-electron chi connectivity index (χ1n) is 10.7. The van der Waals surface area contributed by atoms with E-state index in [1.807, 2.05) is 20.8 Å². The van der Waals surface area contributed by atoms with Gasteiger partial charge in [0.1, 0.15) is 17.2 Å². The summed E-state index contributed by atoms with van der Waals surface area (Å²) < 4.78 is 16.3. The highest BCUT2D eigenvalue weighted by atomic mass is 16.6. The summed E-state index contributed by atoms with van der Waals surface area (Å²) in [6, 6.07) is -2.38. The van der Waals surface area contributed by atoms with E-state index in [2.05, 4.69) is 16.0 Å². The molecule has 0 aromatic carbocycles. The predicted molar refractivity (Wildman–Crippen MR) is 120 cm³/mol. The first-order valence-corrected chi connectivity index (χ1v) is 10.7. The number of esters is 2. The van der Waals surface area contributed by atoms with E-state index in [1.54, 1.807) is 48.6 Å². The fourth-order valence-corrected chi connectivity index (χ4v) is 2.31. The molecule has 186 valence electrons. The minimum Gasteiger partial charge on any atom is -0.460 e. The summed E-state index contributed by atoms with van der Waals surface area (Å²) in [6.45, 7) is 15.4. The lowest BCUT2D eigenvalue weighted by Crippen LogP contribution is -2.55. The van der Waals surface area contributed by atoms with Gasteiger partial charge in [-0.05, 0) is 69.4 Å². The van der Waals surface area contributed by atoms with Crippen molar-refractivity contribution in [2.75, 3.05) is 20.2 Å². The van der Waals surface area contributed by atoms with Gasteiger partial charge in [0.2, 0.25) is 11.8 Å². The fourth-order valence-electron chi connectivity index (χ4n) is 2.31. The maximum Gasteiger partial charge on any atom is 0.331 e. The fraction of sp³-hybridized carbons (Fsp3) is 0.818. The van der Waals surface area contributed by atoms with Crippen LogP contribution in [-0.2, 0) is 33.4 Å². The summed E-state index contributed by atoms with van der Waals surface area (Å²) in [5, 5.41) is 7.71. The van der Waals surface area contributed by atoms with Crippen molar-refractivity contribution in [3.63, 3.8) is 0 Å². The molecule has 32 heavy (non-hydrogen) atoms. The number of hydrogen-bond acceptors (Lipinski definition) is 8. The van der Waals surface area contributed by atoms with Crippen molar-refractivity contribution < 1.29 is 33.4 Å². The molecule has 0 bridgehead atoms. The molecule has 3 N–H and O–H groups in total. The van der Waals surface area contributed by atoms with E-state index in [4.69, 9.17) is 14.2 Å². The lowest BCUT2D eigenvalue weighted by Gasteiger charge is -2.28. The molecule has 0 aliphatic heterocycles. The third-order valence-corrected chi connectivity index (χ3v) is 3.47. The molecule has 10 nitrogen and oxygen atoms in total. The van der Waals surface area contributed by atoms with Gasteiger partial charge >= 0.3 is 11.9 Å². The average molecular weight is 460 g/mol. The zero-order chi connectivity index (χ0) is 25.3. The van der Waals surface area contributed by atoms with E-state index in [1.165, 1.54) is 0 Å². The van der Waals surface area contributed by atoms with Gasteiger partial charge in [0.25, 0.3) is 0 Å². The number of hydrogen-bond donors (Lipinski definition) is 3. The van der Waals surface area contributed by atoms with Crippen LogP contribution in [0.1, 0.15) is 68.7 Å². The van der Waals surface area contributed by atoms with E-state index < -0.39 is 59.1 Å². The average Bonchev–Trinajstić information content (AvgIpc) is 2.53. The van der Waals surface area contributed by atoms with Gasteiger partial charge < -0.3 is 30.2 Å². The molecule has 0 aliphatic rings. The Morgan fingerprint density at radius 2 is 1.28 bits per heavy atom. The first kappa shape index (κ1) is 29.8. The highest BCUT2D eigenvalue weighted by molar-refractivity contribution is 5.93. The second-order valence-electron chi connectivity index (χ2n) is 10.5. The standard InChI is InChI=1S/C22H41N3O7/c1-20(2,3)30-13-15(19(29)32-22(7,8)9)25-18(28)14(24-16(26)12-23-10)11-17(27)31-21(4,5)6/h14-15,23H,11-13H2,1-10H3,(H,24,26)(H,25,28)/t14-,15-/m0/s1. The van der Waals surface area contributed by atoms with Gasteiger partial charge in [-0.3, -0.25) is 14.4 Å². The molecular weight excluding hydrogens is 418 g/mol. The quantitative estimate of drug-likeness (QED) is 0.413. The number of nitrogens with one attached hydrogen (secondary N) is 3. The van der Waals surface area contributed by atoms with Crippen LogP contribution in [0, 0.1) is 0 Å². The largest absolute Gasteiger partial charge is 0.460 e. The van der Waals surface area contributed by atoms with E-state index in [0.717, 1.165) is 0 Å². The lowest BCUT2D eigenvalue weighted by molar-refractivity contribution is -0.162. The molecule has 0 spiro atoms. The molecule has 2 atom stereocenters. The maximum absolute atomic E-state index is 13.0. The van der Waals surface area contributed by atoms with Crippen LogP contribution in [-0.4, -0.2) is 72.8 Å². The van der Waals surface area contributed by atoms with Crippen molar-refractivity contribution in [2.45, 2.75) is 97.6 Å². The predicted octanol–water partition coefficient (Wildman–Crippen LogP) is 1.06. The summed E-state index contributed by atoms with van der Waals surface area (Å²) in [5.74, 6) is -2.57. The van der Waals surface area contributed by atoms with Crippen LogP contribution in [0.2, 0.25) is 0 Å².